The Labute approximate surface area is 171 Å². The second-order valence-electron chi connectivity index (χ2n) is 7.57. The minimum absolute atomic E-state index is 0.403. The molecule has 0 N–H and O–H groups in total. The predicted octanol–water partition coefficient (Wildman–Crippen LogP) is 5.29. The molecule has 1 heterocycles. The third kappa shape index (κ3) is 4.14. The van der Waals surface area contributed by atoms with Crippen LogP contribution in [0.3, 0.4) is 0 Å². The van der Waals surface area contributed by atoms with E-state index < -0.39 is 5.79 Å². The molecule has 0 saturated carbocycles. The molecule has 4 nitrogen and oxygen atoms in total. The SMILES string of the molecule is c1ccc(COc2cccc(Oc3ccc4c(c3)CCC3(C4)OCCO3)c2)cc1. The van der Waals surface area contributed by atoms with E-state index in [4.69, 9.17) is 18.9 Å². The van der Waals surface area contributed by atoms with Gasteiger partial charge in [0.25, 0.3) is 0 Å². The number of hydrogen-bond donors (Lipinski definition) is 0. The van der Waals surface area contributed by atoms with Gasteiger partial charge in [-0.3, -0.25) is 0 Å². The van der Waals surface area contributed by atoms with Gasteiger partial charge in [-0.2, -0.15) is 0 Å². The molecule has 0 radical (unpaired) electrons. The molecule has 29 heavy (non-hydrogen) atoms. The molecule has 1 fully saturated rings. The van der Waals surface area contributed by atoms with E-state index in [1.807, 2.05) is 48.5 Å². The predicted molar refractivity (Wildman–Crippen MR) is 110 cm³/mol. The van der Waals surface area contributed by atoms with Gasteiger partial charge in [-0.1, -0.05) is 42.5 Å². The van der Waals surface area contributed by atoms with Crippen molar-refractivity contribution in [3.8, 4) is 17.2 Å². The van der Waals surface area contributed by atoms with Crippen LogP contribution in [0.15, 0.2) is 72.8 Å². The van der Waals surface area contributed by atoms with Crippen LogP contribution in [0, 0.1) is 0 Å². The molecule has 1 spiro atoms. The molecule has 0 atom stereocenters. The molecule has 4 heteroatoms. The second kappa shape index (κ2) is 7.90. The van der Waals surface area contributed by atoms with E-state index in [9.17, 15) is 0 Å². The lowest BCUT2D eigenvalue weighted by Gasteiger charge is -2.32. The minimum Gasteiger partial charge on any atom is -0.489 e. The molecular formula is C25H24O4. The van der Waals surface area contributed by atoms with Crippen LogP contribution in [-0.4, -0.2) is 19.0 Å². The summed E-state index contributed by atoms with van der Waals surface area (Å²) in [6.07, 6.45) is 2.64. The molecule has 2 aliphatic rings. The topological polar surface area (TPSA) is 36.9 Å². The maximum absolute atomic E-state index is 6.11. The van der Waals surface area contributed by atoms with E-state index in [2.05, 4.69) is 24.3 Å². The van der Waals surface area contributed by atoms with E-state index >= 15 is 0 Å². The molecular weight excluding hydrogens is 364 g/mol. The van der Waals surface area contributed by atoms with Crippen molar-refractivity contribution in [2.24, 2.45) is 0 Å². The van der Waals surface area contributed by atoms with Gasteiger partial charge >= 0.3 is 0 Å². The van der Waals surface area contributed by atoms with Gasteiger partial charge in [0, 0.05) is 18.9 Å². The molecule has 0 amide bonds. The standard InChI is InChI=1S/C25H24O4/c1-2-5-19(6-3-1)18-26-22-7-4-8-23(16-22)29-24-10-9-21-17-25(27-13-14-28-25)12-11-20(21)15-24/h1-10,15-16H,11-14,17-18H2. The number of ether oxygens (including phenoxy) is 4. The lowest BCUT2D eigenvalue weighted by atomic mass is 9.87. The summed E-state index contributed by atoms with van der Waals surface area (Å²) in [7, 11) is 0. The Balaban J connectivity index is 1.26. The van der Waals surface area contributed by atoms with Crippen LogP contribution in [0.1, 0.15) is 23.1 Å². The molecule has 0 aromatic heterocycles. The fraction of sp³-hybridized carbons (Fsp3) is 0.280. The van der Waals surface area contributed by atoms with Crippen molar-refractivity contribution in [1.29, 1.82) is 0 Å². The normalized spacial score (nSPS) is 17.1. The van der Waals surface area contributed by atoms with Crippen molar-refractivity contribution in [2.75, 3.05) is 13.2 Å². The molecule has 5 rings (SSSR count). The molecule has 0 unspecified atom stereocenters. The summed E-state index contributed by atoms with van der Waals surface area (Å²) in [5, 5.41) is 0. The quantitative estimate of drug-likeness (QED) is 0.595. The summed E-state index contributed by atoms with van der Waals surface area (Å²) >= 11 is 0. The van der Waals surface area contributed by atoms with Gasteiger partial charge < -0.3 is 18.9 Å². The lowest BCUT2D eigenvalue weighted by molar-refractivity contribution is -0.163. The maximum atomic E-state index is 6.11. The van der Waals surface area contributed by atoms with Crippen LogP contribution in [0.5, 0.6) is 17.2 Å². The Bertz CT molecular complexity index is 977. The van der Waals surface area contributed by atoms with E-state index in [0.717, 1.165) is 42.1 Å². The van der Waals surface area contributed by atoms with Crippen molar-refractivity contribution >= 4 is 0 Å². The van der Waals surface area contributed by atoms with Gasteiger partial charge in [0.15, 0.2) is 5.79 Å². The highest BCUT2D eigenvalue weighted by Gasteiger charge is 2.39. The minimum atomic E-state index is -0.403. The molecule has 3 aromatic rings. The Morgan fingerprint density at radius 2 is 1.55 bits per heavy atom. The van der Waals surface area contributed by atoms with Crippen molar-refractivity contribution in [2.45, 2.75) is 31.7 Å². The van der Waals surface area contributed by atoms with Crippen LogP contribution in [-0.2, 0) is 28.9 Å². The lowest BCUT2D eigenvalue weighted by Crippen LogP contribution is -2.36. The van der Waals surface area contributed by atoms with E-state index in [1.165, 1.54) is 11.1 Å². The maximum Gasteiger partial charge on any atom is 0.172 e. The van der Waals surface area contributed by atoms with Crippen LogP contribution in [0.4, 0.5) is 0 Å². The van der Waals surface area contributed by atoms with Crippen molar-refractivity contribution in [1.82, 2.24) is 0 Å². The first-order valence-corrected chi connectivity index (χ1v) is 10.1. The van der Waals surface area contributed by atoms with Crippen molar-refractivity contribution < 1.29 is 18.9 Å². The summed E-state index contributed by atoms with van der Waals surface area (Å²) in [5.41, 5.74) is 3.73. The number of aryl methyl sites for hydroxylation is 1. The highest BCUT2D eigenvalue weighted by atomic mass is 16.7. The smallest absolute Gasteiger partial charge is 0.172 e. The average molecular weight is 388 g/mol. The fourth-order valence-corrected chi connectivity index (χ4v) is 4.02. The third-order valence-electron chi connectivity index (χ3n) is 5.52. The number of hydrogen-bond acceptors (Lipinski definition) is 4. The zero-order valence-electron chi connectivity index (χ0n) is 16.3. The molecule has 3 aromatic carbocycles. The van der Waals surface area contributed by atoms with Crippen molar-refractivity contribution in [3.05, 3.63) is 89.5 Å². The second-order valence-corrected chi connectivity index (χ2v) is 7.57. The molecule has 1 saturated heterocycles. The Kier molecular flexibility index (Phi) is 4.96. The van der Waals surface area contributed by atoms with Gasteiger partial charge in [-0.25, -0.2) is 0 Å². The van der Waals surface area contributed by atoms with Gasteiger partial charge in [-0.05, 0) is 47.4 Å². The van der Waals surface area contributed by atoms with E-state index in [-0.39, 0.29) is 0 Å². The summed E-state index contributed by atoms with van der Waals surface area (Å²) < 4.78 is 23.7. The first-order valence-electron chi connectivity index (χ1n) is 10.1. The summed E-state index contributed by atoms with van der Waals surface area (Å²) in [5.74, 6) is 2.00. The van der Waals surface area contributed by atoms with Gasteiger partial charge in [0.2, 0.25) is 0 Å². The highest BCUT2D eigenvalue weighted by Crippen LogP contribution is 2.37. The average Bonchev–Trinajstić information content (AvgIpc) is 3.21. The van der Waals surface area contributed by atoms with Crippen LogP contribution in [0.2, 0.25) is 0 Å². The number of rotatable bonds is 5. The molecule has 1 aliphatic carbocycles. The van der Waals surface area contributed by atoms with Crippen LogP contribution >= 0.6 is 0 Å². The Morgan fingerprint density at radius 1 is 0.759 bits per heavy atom. The third-order valence-corrected chi connectivity index (χ3v) is 5.52. The van der Waals surface area contributed by atoms with E-state index in [1.54, 1.807) is 0 Å². The molecule has 148 valence electrons. The van der Waals surface area contributed by atoms with Crippen LogP contribution < -0.4 is 9.47 Å². The zero-order valence-corrected chi connectivity index (χ0v) is 16.3. The first-order chi connectivity index (χ1) is 14.3. The number of benzene rings is 3. The monoisotopic (exact) mass is 388 g/mol. The summed E-state index contributed by atoms with van der Waals surface area (Å²) in [6, 6.07) is 24.2. The largest absolute Gasteiger partial charge is 0.489 e. The molecule has 0 bridgehead atoms. The highest BCUT2D eigenvalue weighted by molar-refractivity contribution is 5.42. The molecule has 1 aliphatic heterocycles. The Hall–Kier alpha value is -2.82. The van der Waals surface area contributed by atoms with Gasteiger partial charge in [-0.15, -0.1) is 0 Å². The Morgan fingerprint density at radius 3 is 2.41 bits per heavy atom. The first kappa shape index (κ1) is 18.2. The van der Waals surface area contributed by atoms with Gasteiger partial charge in [0.1, 0.15) is 23.9 Å². The summed E-state index contributed by atoms with van der Waals surface area (Å²) in [4.78, 5) is 0. The zero-order chi connectivity index (χ0) is 19.5. The van der Waals surface area contributed by atoms with Crippen molar-refractivity contribution in [3.63, 3.8) is 0 Å². The van der Waals surface area contributed by atoms with Crippen LogP contribution in [0.25, 0.3) is 0 Å². The number of fused-ring (bicyclic) bond motifs is 1. The van der Waals surface area contributed by atoms with E-state index in [0.29, 0.717) is 19.8 Å². The fourth-order valence-electron chi connectivity index (χ4n) is 4.02. The van der Waals surface area contributed by atoms with Gasteiger partial charge in [0.05, 0.1) is 13.2 Å². The summed E-state index contributed by atoms with van der Waals surface area (Å²) in [6.45, 7) is 1.92.